The maximum absolute atomic E-state index is 11.3. The second-order valence-electron chi connectivity index (χ2n) is 3.03. The van der Waals surface area contributed by atoms with Gasteiger partial charge in [0.2, 0.25) is 0 Å². The van der Waals surface area contributed by atoms with Crippen LogP contribution < -0.4 is 10.6 Å². The maximum atomic E-state index is 11.3. The van der Waals surface area contributed by atoms with Gasteiger partial charge in [-0.2, -0.15) is 5.26 Å². The molecule has 2 N–H and O–H groups in total. The van der Waals surface area contributed by atoms with Gasteiger partial charge in [0.25, 0.3) is 0 Å². The van der Waals surface area contributed by atoms with Crippen LogP contribution in [-0.4, -0.2) is 19.1 Å². The maximum Gasteiger partial charge on any atom is 0.319 e. The fraction of sp³-hybridized carbons (Fsp3) is 0.200. The number of nitriles is 1. The first-order chi connectivity index (χ1) is 8.26. The van der Waals surface area contributed by atoms with Crippen molar-refractivity contribution in [3.05, 3.63) is 40.3 Å². The van der Waals surface area contributed by atoms with E-state index in [2.05, 4.69) is 20.7 Å². The Morgan fingerprint density at radius 1 is 1.59 bits per heavy atom. The summed E-state index contributed by atoms with van der Waals surface area (Å²) in [6.07, 6.45) is 0. The first-order valence-corrected chi connectivity index (χ1v) is 4.82. The van der Waals surface area contributed by atoms with Crippen LogP contribution in [0.15, 0.2) is 29.4 Å². The van der Waals surface area contributed by atoms with E-state index >= 15 is 0 Å². The third-order valence-electron chi connectivity index (χ3n) is 1.81. The molecule has 7 nitrogen and oxygen atoms in total. The molecule has 1 aromatic rings. The Morgan fingerprint density at radius 2 is 2.41 bits per heavy atom. The van der Waals surface area contributed by atoms with Crippen LogP contribution >= 0.6 is 0 Å². The third kappa shape index (κ3) is 4.55. The van der Waals surface area contributed by atoms with Gasteiger partial charge >= 0.3 is 6.03 Å². The van der Waals surface area contributed by atoms with Gasteiger partial charge in [-0.3, -0.25) is 0 Å². The van der Waals surface area contributed by atoms with E-state index in [1.807, 2.05) is 6.07 Å². The van der Waals surface area contributed by atoms with Crippen molar-refractivity contribution < 1.29 is 4.79 Å². The van der Waals surface area contributed by atoms with Crippen LogP contribution in [0.1, 0.15) is 5.56 Å². The lowest BCUT2D eigenvalue weighted by atomic mass is 10.2. The number of urea groups is 1. The molecule has 1 aromatic carbocycles. The van der Waals surface area contributed by atoms with Gasteiger partial charge in [-0.05, 0) is 23.7 Å². The van der Waals surface area contributed by atoms with E-state index in [0.29, 0.717) is 11.3 Å². The zero-order valence-electron chi connectivity index (χ0n) is 8.92. The minimum absolute atomic E-state index is 0.197. The number of hydrogen-bond acceptors (Lipinski definition) is 3. The highest BCUT2D eigenvalue weighted by Gasteiger charge is 2.00. The van der Waals surface area contributed by atoms with Gasteiger partial charge in [-0.25, -0.2) is 4.79 Å². The molecule has 0 aliphatic carbocycles. The summed E-state index contributed by atoms with van der Waals surface area (Å²) in [7, 11) is 0. The van der Waals surface area contributed by atoms with Crippen LogP contribution in [0, 0.1) is 11.3 Å². The molecule has 1 rings (SSSR count). The average Bonchev–Trinajstić information content (AvgIpc) is 2.35. The van der Waals surface area contributed by atoms with Crippen LogP contribution in [0.5, 0.6) is 0 Å². The Labute approximate surface area is 97.7 Å². The van der Waals surface area contributed by atoms with Crippen LogP contribution in [0.3, 0.4) is 0 Å². The van der Waals surface area contributed by atoms with Crippen LogP contribution in [0.4, 0.5) is 10.5 Å². The Bertz CT molecular complexity index is 486. The fourth-order valence-electron chi connectivity index (χ4n) is 1.11. The van der Waals surface area contributed by atoms with E-state index < -0.39 is 6.03 Å². The Morgan fingerprint density at radius 3 is 3.12 bits per heavy atom. The number of nitrogens with one attached hydrogen (secondary N) is 2. The number of rotatable bonds is 4. The lowest BCUT2D eigenvalue weighted by Gasteiger charge is -2.06. The topological polar surface area (TPSA) is 114 Å². The number of anilines is 1. The number of carbonyl (C=O) groups is 1. The zero-order valence-corrected chi connectivity index (χ0v) is 8.92. The largest absolute Gasteiger partial charge is 0.338 e. The minimum atomic E-state index is -0.409. The summed E-state index contributed by atoms with van der Waals surface area (Å²) in [5.41, 5.74) is 9.03. The molecule has 0 aliphatic rings. The van der Waals surface area contributed by atoms with Crippen LogP contribution in [0.25, 0.3) is 10.4 Å². The molecule has 0 saturated heterocycles. The molecule has 0 spiro atoms. The Hall–Kier alpha value is -2.71. The van der Waals surface area contributed by atoms with Gasteiger partial charge in [-0.1, -0.05) is 11.2 Å². The van der Waals surface area contributed by atoms with Gasteiger partial charge in [-0.15, -0.1) is 0 Å². The van der Waals surface area contributed by atoms with E-state index in [4.69, 9.17) is 10.8 Å². The van der Waals surface area contributed by atoms with Crippen molar-refractivity contribution >= 4 is 11.7 Å². The van der Waals surface area contributed by atoms with E-state index in [1.54, 1.807) is 24.3 Å². The van der Waals surface area contributed by atoms with Gasteiger partial charge in [0, 0.05) is 23.7 Å². The molecule has 0 aromatic heterocycles. The predicted molar refractivity (Wildman–Crippen MR) is 62.2 cm³/mol. The van der Waals surface area contributed by atoms with E-state index in [9.17, 15) is 4.79 Å². The summed E-state index contributed by atoms with van der Waals surface area (Å²) in [6, 6.07) is 8.12. The smallest absolute Gasteiger partial charge is 0.319 e. The molecule has 0 radical (unpaired) electrons. The number of amides is 2. The lowest BCUT2D eigenvalue weighted by Crippen LogP contribution is -2.30. The molecule has 0 fully saturated rings. The van der Waals surface area contributed by atoms with Crippen molar-refractivity contribution in [3.8, 4) is 6.07 Å². The third-order valence-corrected chi connectivity index (χ3v) is 1.81. The molecule has 0 heterocycles. The minimum Gasteiger partial charge on any atom is -0.338 e. The van der Waals surface area contributed by atoms with Gasteiger partial charge < -0.3 is 10.6 Å². The number of nitrogens with zero attached hydrogens (tertiary/aromatic N) is 4. The molecule has 0 saturated carbocycles. The van der Waals surface area contributed by atoms with Crippen molar-refractivity contribution in [3.63, 3.8) is 0 Å². The van der Waals surface area contributed by atoms with Crippen molar-refractivity contribution in [2.24, 2.45) is 5.11 Å². The standard InChI is InChI=1S/C10H10N6O/c11-7-8-2-1-3-9(6-8)15-10(17)13-4-5-14-16-12/h1-3,6H,4-5H2,(H2,13,15,17). The highest BCUT2D eigenvalue weighted by molar-refractivity contribution is 5.89. The van der Waals surface area contributed by atoms with Crippen molar-refractivity contribution in [1.82, 2.24) is 5.32 Å². The fourth-order valence-corrected chi connectivity index (χ4v) is 1.11. The first-order valence-electron chi connectivity index (χ1n) is 4.82. The second kappa shape index (κ2) is 6.71. The number of carbonyl (C=O) groups excluding carboxylic acids is 1. The summed E-state index contributed by atoms with van der Waals surface area (Å²) in [6.45, 7) is 0.454. The number of hydrogen-bond donors (Lipinski definition) is 2. The molecule has 0 bridgehead atoms. The Kier molecular flexibility index (Phi) is 4.88. The number of benzene rings is 1. The molecular formula is C10H10N6O. The summed E-state index contributed by atoms with van der Waals surface area (Å²) in [4.78, 5) is 13.9. The van der Waals surface area contributed by atoms with Crippen LogP contribution in [-0.2, 0) is 0 Å². The van der Waals surface area contributed by atoms with Gasteiger partial charge in [0.05, 0.1) is 11.6 Å². The molecule has 0 atom stereocenters. The Balaban J connectivity index is 2.45. The zero-order chi connectivity index (χ0) is 12.5. The number of azide groups is 1. The normalized spacial score (nSPS) is 8.65. The molecule has 86 valence electrons. The summed E-state index contributed by atoms with van der Waals surface area (Å²) in [5.74, 6) is 0. The summed E-state index contributed by atoms with van der Waals surface area (Å²) in [5, 5.41) is 17.0. The first kappa shape index (κ1) is 12.4. The van der Waals surface area contributed by atoms with Crippen LogP contribution in [0.2, 0.25) is 0 Å². The monoisotopic (exact) mass is 230 g/mol. The van der Waals surface area contributed by atoms with E-state index in [1.165, 1.54) is 0 Å². The SMILES string of the molecule is N#Cc1cccc(NC(=O)NCCN=[N+]=[N-])c1. The highest BCUT2D eigenvalue weighted by Crippen LogP contribution is 2.09. The summed E-state index contributed by atoms with van der Waals surface area (Å²) < 4.78 is 0. The summed E-state index contributed by atoms with van der Waals surface area (Å²) >= 11 is 0. The quantitative estimate of drug-likeness (QED) is 0.356. The molecule has 17 heavy (non-hydrogen) atoms. The molecular weight excluding hydrogens is 220 g/mol. The molecule has 0 aliphatic heterocycles. The van der Waals surface area contributed by atoms with Crippen molar-refractivity contribution in [2.75, 3.05) is 18.4 Å². The second-order valence-corrected chi connectivity index (χ2v) is 3.03. The van der Waals surface area contributed by atoms with Crippen molar-refractivity contribution in [1.29, 1.82) is 5.26 Å². The van der Waals surface area contributed by atoms with Gasteiger partial charge in [0.1, 0.15) is 0 Å². The molecule has 2 amide bonds. The molecule has 0 unspecified atom stereocenters. The van der Waals surface area contributed by atoms with Crippen molar-refractivity contribution in [2.45, 2.75) is 0 Å². The predicted octanol–water partition coefficient (Wildman–Crippen LogP) is 1.99. The average molecular weight is 230 g/mol. The molecule has 7 heteroatoms. The van der Waals surface area contributed by atoms with E-state index in [-0.39, 0.29) is 13.1 Å². The van der Waals surface area contributed by atoms with Gasteiger partial charge in [0.15, 0.2) is 0 Å². The van der Waals surface area contributed by atoms with E-state index in [0.717, 1.165) is 0 Å². The lowest BCUT2D eigenvalue weighted by molar-refractivity contribution is 0.252. The highest BCUT2D eigenvalue weighted by atomic mass is 16.2.